The fourth-order valence-electron chi connectivity index (χ4n) is 0.299. The summed E-state index contributed by atoms with van der Waals surface area (Å²) in [5.41, 5.74) is 0. The first-order valence-corrected chi connectivity index (χ1v) is 3.87. The third-order valence-electron chi connectivity index (χ3n) is 0.672. The van der Waals surface area contributed by atoms with E-state index in [1.54, 1.807) is 0 Å². The molecule has 0 atom stereocenters. The van der Waals surface area contributed by atoms with Crippen LogP contribution >= 0.6 is 22.6 Å². The van der Waals surface area contributed by atoms with Crippen LogP contribution in [-0.2, 0) is 0 Å². The van der Waals surface area contributed by atoms with Gasteiger partial charge in [0.1, 0.15) is 0 Å². The van der Waals surface area contributed by atoms with Crippen LogP contribution in [0.15, 0.2) is 0 Å². The highest BCUT2D eigenvalue weighted by Crippen LogP contribution is 1.96. The molecule has 40 valence electrons. The molecule has 0 bridgehead atoms. The second-order valence-corrected chi connectivity index (χ2v) is 2.38. The van der Waals surface area contributed by atoms with Crippen LogP contribution in [0, 0.1) is 11.3 Å². The van der Waals surface area contributed by atoms with Gasteiger partial charge in [-0.25, -0.2) is 0 Å². The summed E-state index contributed by atoms with van der Waals surface area (Å²) in [6, 6.07) is 2.10. The summed E-state index contributed by atoms with van der Waals surface area (Å²) in [6.07, 6.45) is 2.98. The predicted molar refractivity (Wildman–Crippen MR) is 38.4 cm³/mol. The Labute approximate surface area is 57.9 Å². The summed E-state index contributed by atoms with van der Waals surface area (Å²) in [7, 11) is 0. The highest BCUT2D eigenvalue weighted by molar-refractivity contribution is 14.1. The molecule has 0 rings (SSSR count). The quantitative estimate of drug-likeness (QED) is 0.396. The van der Waals surface area contributed by atoms with Crippen molar-refractivity contribution in [1.82, 2.24) is 0 Å². The zero-order chi connectivity index (χ0) is 5.54. The maximum atomic E-state index is 8.04. The number of unbranched alkanes of at least 4 members (excludes halogenated alkanes) is 2. The van der Waals surface area contributed by atoms with E-state index in [4.69, 9.17) is 5.26 Å². The van der Waals surface area contributed by atoms with Crippen molar-refractivity contribution in [1.29, 1.82) is 5.26 Å². The summed E-state index contributed by atoms with van der Waals surface area (Å²) in [5.74, 6) is 0. The third kappa shape index (κ3) is 6.22. The van der Waals surface area contributed by atoms with Crippen LogP contribution in [0.2, 0.25) is 0 Å². The topological polar surface area (TPSA) is 23.8 Å². The summed E-state index contributed by atoms with van der Waals surface area (Å²) in [5, 5.41) is 8.04. The fraction of sp³-hybridized carbons (Fsp3) is 0.800. The summed E-state index contributed by atoms with van der Waals surface area (Å²) >= 11 is 2.32. The zero-order valence-electron chi connectivity index (χ0n) is 4.15. The molecule has 0 N–H and O–H groups in total. The van der Waals surface area contributed by atoms with Crippen molar-refractivity contribution in [2.24, 2.45) is 0 Å². The van der Waals surface area contributed by atoms with E-state index in [1.807, 2.05) is 0 Å². The molecule has 0 saturated heterocycles. The highest BCUT2D eigenvalue weighted by atomic mass is 127. The molecule has 0 aromatic heterocycles. The molecule has 0 saturated carbocycles. The van der Waals surface area contributed by atoms with E-state index in [2.05, 4.69) is 28.7 Å². The molecule has 0 unspecified atom stereocenters. The van der Waals surface area contributed by atoms with Crippen molar-refractivity contribution in [3.05, 3.63) is 0 Å². The number of halogens is 1. The van der Waals surface area contributed by atoms with Crippen LogP contribution in [0.1, 0.15) is 19.3 Å². The molecule has 0 aromatic carbocycles. The smallest absolute Gasteiger partial charge is 0.0621 e. The molecule has 1 nitrogen and oxygen atoms in total. The number of hydrogen-bond donors (Lipinski definition) is 0. The Hall–Kier alpha value is 0.220. The lowest BCUT2D eigenvalue weighted by molar-refractivity contribution is 0.838. The number of hydrogen-bond acceptors (Lipinski definition) is 1. The monoisotopic (exact) mass is 209 g/mol. The van der Waals surface area contributed by atoms with Gasteiger partial charge in [0, 0.05) is 6.42 Å². The lowest BCUT2D eigenvalue weighted by Crippen LogP contribution is -1.71. The van der Waals surface area contributed by atoms with E-state index in [9.17, 15) is 0 Å². The molecule has 2 heteroatoms. The first kappa shape index (κ1) is 7.22. The van der Waals surface area contributed by atoms with Crippen molar-refractivity contribution in [3.8, 4) is 6.07 Å². The van der Waals surface area contributed by atoms with Gasteiger partial charge < -0.3 is 0 Å². The molecule has 0 aliphatic carbocycles. The molecule has 0 heterocycles. The van der Waals surface area contributed by atoms with Crippen molar-refractivity contribution in [2.45, 2.75) is 19.3 Å². The van der Waals surface area contributed by atoms with E-state index in [1.165, 1.54) is 10.8 Å². The van der Waals surface area contributed by atoms with Crippen molar-refractivity contribution in [3.63, 3.8) is 0 Å². The van der Waals surface area contributed by atoms with Crippen molar-refractivity contribution in [2.75, 3.05) is 4.43 Å². The normalized spacial score (nSPS) is 8.00. The molecular formula is C5H8IN. The van der Waals surface area contributed by atoms with Gasteiger partial charge in [0.2, 0.25) is 0 Å². The highest BCUT2D eigenvalue weighted by Gasteiger charge is 1.80. The zero-order valence-corrected chi connectivity index (χ0v) is 6.31. The van der Waals surface area contributed by atoms with Gasteiger partial charge in [0.15, 0.2) is 0 Å². The van der Waals surface area contributed by atoms with Gasteiger partial charge in [-0.15, -0.1) is 0 Å². The summed E-state index contributed by atoms with van der Waals surface area (Å²) < 4.78 is 1.18. The molecular weight excluding hydrogens is 201 g/mol. The Morgan fingerprint density at radius 3 is 2.57 bits per heavy atom. The van der Waals surface area contributed by atoms with E-state index < -0.39 is 0 Å². The second kappa shape index (κ2) is 6.22. The van der Waals surface area contributed by atoms with Crippen LogP contribution in [0.5, 0.6) is 0 Å². The average molecular weight is 209 g/mol. The SMILES string of the molecule is N#CCCCCI. The minimum absolute atomic E-state index is 0.725. The summed E-state index contributed by atoms with van der Waals surface area (Å²) in [4.78, 5) is 0. The Morgan fingerprint density at radius 2 is 2.14 bits per heavy atom. The molecule has 0 aliphatic rings. The lowest BCUT2D eigenvalue weighted by atomic mass is 10.3. The Morgan fingerprint density at radius 1 is 1.43 bits per heavy atom. The molecule has 7 heavy (non-hydrogen) atoms. The molecule has 0 aliphatic heterocycles. The predicted octanol–water partition coefficient (Wildman–Crippen LogP) is 2.12. The number of alkyl halides is 1. The van der Waals surface area contributed by atoms with Crippen LogP contribution in [-0.4, -0.2) is 4.43 Å². The second-order valence-electron chi connectivity index (χ2n) is 1.30. The van der Waals surface area contributed by atoms with E-state index >= 15 is 0 Å². The van der Waals surface area contributed by atoms with Gasteiger partial charge in [-0.2, -0.15) is 5.26 Å². The Bertz CT molecular complexity index is 65.0. The fourth-order valence-corrected chi connectivity index (χ4v) is 0.838. The van der Waals surface area contributed by atoms with E-state index in [-0.39, 0.29) is 0 Å². The van der Waals surface area contributed by atoms with Gasteiger partial charge >= 0.3 is 0 Å². The standard InChI is InChI=1S/C5H8IN/c6-4-2-1-3-5-7/h1-4H2. The van der Waals surface area contributed by atoms with Gasteiger partial charge in [0.25, 0.3) is 0 Å². The van der Waals surface area contributed by atoms with Gasteiger partial charge in [-0.1, -0.05) is 22.6 Å². The average Bonchev–Trinajstić information content (AvgIpc) is 1.69. The van der Waals surface area contributed by atoms with Crippen molar-refractivity contribution < 1.29 is 0 Å². The maximum Gasteiger partial charge on any atom is 0.0621 e. The molecule has 0 radical (unpaired) electrons. The molecule has 0 spiro atoms. The van der Waals surface area contributed by atoms with E-state index in [0.717, 1.165) is 12.8 Å². The van der Waals surface area contributed by atoms with Gasteiger partial charge in [-0.3, -0.25) is 0 Å². The van der Waals surface area contributed by atoms with Crippen LogP contribution in [0.3, 0.4) is 0 Å². The number of nitrogens with zero attached hydrogens (tertiary/aromatic N) is 1. The first-order chi connectivity index (χ1) is 3.41. The minimum Gasteiger partial charge on any atom is -0.198 e. The van der Waals surface area contributed by atoms with Gasteiger partial charge in [-0.05, 0) is 17.3 Å². The van der Waals surface area contributed by atoms with Crippen LogP contribution < -0.4 is 0 Å². The van der Waals surface area contributed by atoms with Crippen LogP contribution in [0.25, 0.3) is 0 Å². The summed E-state index contributed by atoms with van der Waals surface area (Å²) in [6.45, 7) is 0. The minimum atomic E-state index is 0.725. The van der Waals surface area contributed by atoms with Crippen LogP contribution in [0.4, 0.5) is 0 Å². The van der Waals surface area contributed by atoms with Crippen molar-refractivity contribution >= 4 is 22.6 Å². The molecule has 0 aromatic rings. The first-order valence-electron chi connectivity index (χ1n) is 2.34. The molecule has 0 fully saturated rings. The Kier molecular flexibility index (Phi) is 6.42. The number of rotatable bonds is 3. The lowest BCUT2D eigenvalue weighted by Gasteiger charge is -1.83. The molecule has 0 amide bonds. The Balaban J connectivity index is 2.60. The maximum absolute atomic E-state index is 8.04. The third-order valence-corrected chi connectivity index (χ3v) is 1.44. The number of nitriles is 1. The van der Waals surface area contributed by atoms with E-state index in [0.29, 0.717) is 0 Å². The van der Waals surface area contributed by atoms with Gasteiger partial charge in [0.05, 0.1) is 6.07 Å². The largest absolute Gasteiger partial charge is 0.198 e.